The van der Waals surface area contributed by atoms with Crippen molar-refractivity contribution in [1.82, 2.24) is 19.9 Å². The summed E-state index contributed by atoms with van der Waals surface area (Å²) in [5, 5.41) is 24.7. The molecule has 0 N–H and O–H groups in total. The average Bonchev–Trinajstić information content (AvgIpc) is 3.91. The van der Waals surface area contributed by atoms with E-state index in [2.05, 4.69) is 109 Å². The highest BCUT2D eigenvalue weighted by Gasteiger charge is 2.45. The molecule has 0 amide bonds. The topological polar surface area (TPSA) is 99.1 Å². The second-order valence-electron chi connectivity index (χ2n) is 15.8. The zero-order valence-corrected chi connectivity index (χ0v) is 34.3. The summed E-state index contributed by atoms with van der Waals surface area (Å²) in [6, 6.07) is 59.2. The van der Waals surface area contributed by atoms with E-state index in [0.29, 0.717) is 33.9 Å². The third kappa shape index (κ3) is 4.88. The van der Waals surface area contributed by atoms with Crippen LogP contribution in [0.25, 0.3) is 85.9 Å². The molecule has 4 heterocycles. The number of fused-ring (bicyclic) bond motifs is 6. The van der Waals surface area contributed by atoms with E-state index < -0.39 is 0 Å². The molecule has 4 aromatic heterocycles. The fraction of sp³-hybridized carbons (Fsp3) is 0.0370. The first-order chi connectivity index (χ1) is 30.7. The van der Waals surface area contributed by atoms with Gasteiger partial charge in [-0.25, -0.2) is 19.9 Å². The Labute approximate surface area is 363 Å². The number of hydrogen-bond acceptors (Lipinski definition) is 8. The molecule has 0 spiro atoms. The SMILES string of the molecule is N#Cc1c(-c2nc(-c3ccccc3)c3sc4ccccc4c3n2)ccc2c1C1c3ccccc3C2c2c1ccc(-c1nc(-c3ccccc3)c3sc4ccccc4c3n1)c2C#N. The van der Waals surface area contributed by atoms with E-state index in [0.717, 1.165) is 96.5 Å². The van der Waals surface area contributed by atoms with E-state index >= 15 is 0 Å². The predicted octanol–water partition coefficient (Wildman–Crippen LogP) is 13.4. The summed E-state index contributed by atoms with van der Waals surface area (Å²) in [5.74, 6) is 0.454. The minimum absolute atomic E-state index is 0.291. The van der Waals surface area contributed by atoms with Gasteiger partial charge in [-0.15, -0.1) is 22.7 Å². The molecule has 0 saturated carbocycles. The van der Waals surface area contributed by atoms with Crippen molar-refractivity contribution in [1.29, 1.82) is 10.5 Å². The molecule has 0 fully saturated rings. The summed E-state index contributed by atoms with van der Waals surface area (Å²) >= 11 is 3.39. The maximum Gasteiger partial charge on any atom is 0.161 e. The molecule has 11 aromatic rings. The normalized spacial score (nSPS) is 14.7. The van der Waals surface area contributed by atoms with Gasteiger partial charge in [0.25, 0.3) is 0 Å². The number of benzene rings is 7. The van der Waals surface area contributed by atoms with Crippen molar-refractivity contribution < 1.29 is 0 Å². The molecule has 6 nitrogen and oxygen atoms in total. The maximum atomic E-state index is 11.3. The molecule has 2 unspecified atom stereocenters. The summed E-state index contributed by atoms with van der Waals surface area (Å²) in [4.78, 5) is 21.1. The number of nitriles is 2. The molecule has 62 heavy (non-hydrogen) atoms. The van der Waals surface area contributed by atoms with Crippen molar-refractivity contribution in [3.8, 4) is 57.4 Å². The molecule has 286 valence electrons. The Balaban J connectivity index is 1.04. The standard InChI is InChI=1S/C54H28N6S2/c55-27-39-33(53-57-47(29-13-3-1-4-14-29)51-49(59-53)35-19-9-11-21-41(35)61-51)23-25-37-44-32-18-8-7-17-31(32)43(45(37)39)38-26-24-34(40(28-56)46(38)44)54-58-48(30-15-5-2-6-16-30)52-50(60-54)36-20-10-12-22-42(36)62-52/h1-26,43-44H. The van der Waals surface area contributed by atoms with Crippen LogP contribution in [0.2, 0.25) is 0 Å². The van der Waals surface area contributed by atoms with E-state index in [1.54, 1.807) is 22.7 Å². The van der Waals surface area contributed by atoms with Crippen LogP contribution in [-0.4, -0.2) is 19.9 Å². The minimum atomic E-state index is -0.291. The Morgan fingerprint density at radius 2 is 0.806 bits per heavy atom. The van der Waals surface area contributed by atoms with Crippen molar-refractivity contribution in [2.45, 2.75) is 11.8 Å². The van der Waals surface area contributed by atoms with Crippen LogP contribution in [0.15, 0.2) is 158 Å². The van der Waals surface area contributed by atoms with Crippen LogP contribution < -0.4 is 0 Å². The number of aromatic nitrogens is 4. The molecule has 8 heteroatoms. The highest BCUT2D eigenvalue weighted by Crippen LogP contribution is 2.59. The van der Waals surface area contributed by atoms with Crippen LogP contribution in [0.3, 0.4) is 0 Å². The molecular weight excluding hydrogens is 797 g/mol. The van der Waals surface area contributed by atoms with Gasteiger partial charge < -0.3 is 0 Å². The molecule has 0 aliphatic heterocycles. The highest BCUT2D eigenvalue weighted by atomic mass is 32.1. The van der Waals surface area contributed by atoms with Gasteiger partial charge in [-0.05, 0) is 57.6 Å². The van der Waals surface area contributed by atoms with Gasteiger partial charge >= 0.3 is 0 Å². The highest BCUT2D eigenvalue weighted by molar-refractivity contribution is 7.26. The average molecular weight is 825 g/mol. The number of nitrogens with zero attached hydrogens (tertiary/aromatic N) is 6. The van der Waals surface area contributed by atoms with Crippen LogP contribution in [0.4, 0.5) is 0 Å². The van der Waals surface area contributed by atoms with Gasteiger partial charge in [-0.3, -0.25) is 0 Å². The van der Waals surface area contributed by atoms with Gasteiger partial charge in [0, 0.05) is 54.3 Å². The van der Waals surface area contributed by atoms with E-state index in [1.807, 2.05) is 60.7 Å². The fourth-order valence-corrected chi connectivity index (χ4v) is 12.3. The van der Waals surface area contributed by atoms with E-state index in [4.69, 9.17) is 19.9 Å². The third-order valence-electron chi connectivity index (χ3n) is 12.6. The van der Waals surface area contributed by atoms with Crippen LogP contribution >= 0.6 is 22.7 Å². The summed E-state index contributed by atoms with van der Waals surface area (Å²) in [6.45, 7) is 0. The van der Waals surface area contributed by atoms with Crippen molar-refractivity contribution in [3.05, 3.63) is 202 Å². The van der Waals surface area contributed by atoms with Gasteiger partial charge in [-0.2, -0.15) is 10.5 Å². The molecular formula is C54H28N6S2. The number of thiophene rings is 2. The Kier molecular flexibility index (Phi) is 7.50. The second-order valence-corrected chi connectivity index (χ2v) is 17.9. The Morgan fingerprint density at radius 1 is 0.403 bits per heavy atom. The van der Waals surface area contributed by atoms with Crippen molar-refractivity contribution in [3.63, 3.8) is 0 Å². The lowest BCUT2D eigenvalue weighted by Crippen LogP contribution is -2.29. The van der Waals surface area contributed by atoms with Gasteiger partial charge in [-0.1, -0.05) is 133 Å². The Morgan fingerprint density at radius 3 is 1.24 bits per heavy atom. The predicted molar refractivity (Wildman–Crippen MR) is 249 cm³/mol. The summed E-state index contributed by atoms with van der Waals surface area (Å²) in [6.07, 6.45) is 0. The molecule has 3 aliphatic carbocycles. The Bertz CT molecular complexity index is 3550. The van der Waals surface area contributed by atoms with Crippen LogP contribution in [-0.2, 0) is 0 Å². The molecule has 0 radical (unpaired) electrons. The first-order valence-corrected chi connectivity index (χ1v) is 22.0. The summed E-state index contributed by atoms with van der Waals surface area (Å²) in [5.41, 5.74) is 14.2. The van der Waals surface area contributed by atoms with Crippen LogP contribution in [0.5, 0.6) is 0 Å². The van der Waals surface area contributed by atoms with Crippen LogP contribution in [0.1, 0.15) is 56.3 Å². The third-order valence-corrected chi connectivity index (χ3v) is 14.9. The molecule has 7 aromatic carbocycles. The van der Waals surface area contributed by atoms with E-state index in [1.165, 1.54) is 0 Å². The smallest absolute Gasteiger partial charge is 0.161 e. The molecule has 2 bridgehead atoms. The summed E-state index contributed by atoms with van der Waals surface area (Å²) < 4.78 is 4.32. The van der Waals surface area contributed by atoms with E-state index in [-0.39, 0.29) is 11.8 Å². The van der Waals surface area contributed by atoms with Gasteiger partial charge in [0.15, 0.2) is 11.6 Å². The maximum absolute atomic E-state index is 11.3. The lowest BCUT2D eigenvalue weighted by Gasteiger charge is -2.43. The fourth-order valence-electron chi connectivity index (χ4n) is 10.0. The number of hydrogen-bond donors (Lipinski definition) is 0. The van der Waals surface area contributed by atoms with Crippen LogP contribution in [0, 0.1) is 22.7 Å². The number of rotatable bonds is 4. The summed E-state index contributed by atoms with van der Waals surface area (Å²) in [7, 11) is 0. The van der Waals surface area contributed by atoms with Gasteiger partial charge in [0.1, 0.15) is 12.1 Å². The first kappa shape index (κ1) is 34.9. The largest absolute Gasteiger partial charge is 0.226 e. The van der Waals surface area contributed by atoms with Gasteiger partial charge in [0.2, 0.25) is 0 Å². The monoisotopic (exact) mass is 824 g/mol. The minimum Gasteiger partial charge on any atom is -0.226 e. The van der Waals surface area contributed by atoms with Crippen molar-refractivity contribution >= 4 is 63.3 Å². The van der Waals surface area contributed by atoms with Crippen molar-refractivity contribution in [2.24, 2.45) is 0 Å². The zero-order valence-electron chi connectivity index (χ0n) is 32.7. The quantitative estimate of drug-likeness (QED) is 0.175. The molecule has 14 rings (SSSR count). The van der Waals surface area contributed by atoms with Gasteiger partial charge in [0.05, 0.1) is 42.9 Å². The first-order valence-electron chi connectivity index (χ1n) is 20.4. The van der Waals surface area contributed by atoms with Crippen molar-refractivity contribution in [2.75, 3.05) is 0 Å². The van der Waals surface area contributed by atoms with E-state index in [9.17, 15) is 10.5 Å². The molecule has 0 saturated heterocycles. The second kappa shape index (κ2) is 13.3. The lowest BCUT2D eigenvalue weighted by atomic mass is 9.59. The Hall–Kier alpha value is -7.88. The lowest BCUT2D eigenvalue weighted by molar-refractivity contribution is 0.750. The zero-order chi connectivity index (χ0) is 41.1. The molecule has 2 atom stereocenters. The molecule has 3 aliphatic rings.